The molecule has 0 spiro atoms. The summed E-state index contributed by atoms with van der Waals surface area (Å²) in [4.78, 5) is 14.6. The fourth-order valence-electron chi connectivity index (χ4n) is 3.78. The van der Waals surface area contributed by atoms with Gasteiger partial charge in [0.25, 0.3) is 10.2 Å². The van der Waals surface area contributed by atoms with Gasteiger partial charge in [0.1, 0.15) is 18.2 Å². The van der Waals surface area contributed by atoms with Crippen LogP contribution in [-0.2, 0) is 21.5 Å². The largest absolute Gasteiger partial charge is 0.490 e. The van der Waals surface area contributed by atoms with E-state index in [1.807, 2.05) is 25.1 Å². The van der Waals surface area contributed by atoms with Crippen molar-refractivity contribution in [1.82, 2.24) is 8.61 Å². The molecular weight excluding hydrogens is 409 g/mol. The summed E-state index contributed by atoms with van der Waals surface area (Å²) in [7, 11) is -3.88. The van der Waals surface area contributed by atoms with Gasteiger partial charge in [0.05, 0.1) is 18.8 Å². The van der Waals surface area contributed by atoms with Crippen molar-refractivity contribution in [2.24, 2.45) is 0 Å². The van der Waals surface area contributed by atoms with Crippen LogP contribution in [0.15, 0.2) is 42.5 Å². The maximum absolute atomic E-state index is 14.0. The molecule has 2 aliphatic heterocycles. The third kappa shape index (κ3) is 4.05. The first-order valence-corrected chi connectivity index (χ1v) is 11.3. The van der Waals surface area contributed by atoms with E-state index in [0.717, 1.165) is 5.56 Å². The molecule has 1 fully saturated rings. The summed E-state index contributed by atoms with van der Waals surface area (Å²) in [5, 5.41) is 0. The number of ether oxygens (including phenoxy) is 1. The third-order valence-electron chi connectivity index (χ3n) is 5.36. The lowest BCUT2D eigenvalue weighted by atomic mass is 10.1. The van der Waals surface area contributed by atoms with E-state index in [1.165, 1.54) is 14.7 Å². The van der Waals surface area contributed by atoms with Crippen molar-refractivity contribution in [3.8, 4) is 5.75 Å². The Morgan fingerprint density at radius 1 is 1.10 bits per heavy atom. The topological polar surface area (TPSA) is 70.2 Å². The van der Waals surface area contributed by atoms with Crippen LogP contribution in [0.3, 0.4) is 0 Å². The van der Waals surface area contributed by atoms with Crippen LogP contribution >= 0.6 is 0 Å². The number of amides is 1. The molecule has 0 bridgehead atoms. The normalized spacial score (nSPS) is 19.2. The fourth-order valence-corrected chi connectivity index (χ4v) is 5.40. The van der Waals surface area contributed by atoms with Crippen LogP contribution < -0.4 is 9.64 Å². The number of hydrogen-bond acceptors (Lipinski definition) is 4. The lowest BCUT2D eigenvalue weighted by Gasteiger charge is -2.36. The molecular formula is C21H24FN3O4S. The Morgan fingerprint density at radius 2 is 1.87 bits per heavy atom. The molecule has 0 radical (unpaired) electrons. The van der Waals surface area contributed by atoms with Gasteiger partial charge in [-0.25, -0.2) is 4.39 Å². The molecule has 7 nitrogen and oxygen atoms in total. The van der Waals surface area contributed by atoms with Crippen LogP contribution in [0.4, 0.5) is 10.1 Å². The molecule has 2 aliphatic rings. The molecule has 0 aromatic heterocycles. The maximum atomic E-state index is 14.0. The fraction of sp³-hybridized carbons (Fsp3) is 0.381. The van der Waals surface area contributed by atoms with E-state index in [9.17, 15) is 17.6 Å². The van der Waals surface area contributed by atoms with Gasteiger partial charge in [0.2, 0.25) is 5.91 Å². The molecule has 2 aromatic rings. The van der Waals surface area contributed by atoms with Crippen LogP contribution in [0.25, 0.3) is 0 Å². The Bertz CT molecular complexity index is 1060. The summed E-state index contributed by atoms with van der Waals surface area (Å²) in [5.74, 6) is -0.134. The highest BCUT2D eigenvalue weighted by atomic mass is 32.2. The molecule has 160 valence electrons. The van der Waals surface area contributed by atoms with E-state index in [4.69, 9.17) is 4.74 Å². The summed E-state index contributed by atoms with van der Waals surface area (Å²) in [5.41, 5.74) is 1.95. The summed E-state index contributed by atoms with van der Waals surface area (Å²) < 4.78 is 48.2. The average Bonchev–Trinajstić information content (AvgIpc) is 2.72. The molecule has 0 aliphatic carbocycles. The first-order valence-electron chi connectivity index (χ1n) is 9.89. The number of rotatable bonds is 4. The second-order valence-electron chi connectivity index (χ2n) is 7.48. The smallest absolute Gasteiger partial charge is 0.282 e. The number of hydrogen-bond donors (Lipinski definition) is 0. The summed E-state index contributed by atoms with van der Waals surface area (Å²) in [6.07, 6.45) is 0.569. The maximum Gasteiger partial charge on any atom is 0.282 e. The first-order chi connectivity index (χ1) is 14.4. The number of anilines is 1. The van der Waals surface area contributed by atoms with E-state index in [-0.39, 0.29) is 25.5 Å². The molecule has 2 heterocycles. The van der Waals surface area contributed by atoms with Gasteiger partial charge in [-0.3, -0.25) is 4.79 Å². The summed E-state index contributed by atoms with van der Waals surface area (Å²) >= 11 is 0. The van der Waals surface area contributed by atoms with Gasteiger partial charge < -0.3 is 9.64 Å². The van der Waals surface area contributed by atoms with Crippen LogP contribution in [0, 0.1) is 12.7 Å². The lowest BCUT2D eigenvalue weighted by Crippen LogP contribution is -2.53. The van der Waals surface area contributed by atoms with Gasteiger partial charge in [0.15, 0.2) is 0 Å². The van der Waals surface area contributed by atoms with Crippen LogP contribution in [0.1, 0.15) is 17.5 Å². The van der Waals surface area contributed by atoms with Crippen LogP contribution in [-0.4, -0.2) is 55.7 Å². The van der Waals surface area contributed by atoms with Gasteiger partial charge >= 0.3 is 0 Å². The number of carbonyl (C=O) groups is 1. The molecule has 0 N–H and O–H groups in total. The number of nitrogens with zero attached hydrogens (tertiary/aromatic N) is 3. The van der Waals surface area contributed by atoms with Gasteiger partial charge in [0, 0.05) is 25.2 Å². The van der Waals surface area contributed by atoms with E-state index in [1.54, 1.807) is 23.1 Å². The minimum Gasteiger partial charge on any atom is -0.490 e. The Hall–Kier alpha value is -2.49. The molecule has 4 rings (SSSR count). The number of fused-ring (bicyclic) bond motifs is 1. The van der Waals surface area contributed by atoms with Crippen molar-refractivity contribution in [2.45, 2.75) is 19.9 Å². The van der Waals surface area contributed by atoms with Gasteiger partial charge in [-0.05, 0) is 37.1 Å². The average molecular weight is 434 g/mol. The Kier molecular flexibility index (Phi) is 5.77. The number of aryl methyl sites for hydroxylation is 1. The van der Waals surface area contributed by atoms with Crippen molar-refractivity contribution < 1.29 is 22.3 Å². The van der Waals surface area contributed by atoms with Crippen molar-refractivity contribution in [3.05, 3.63) is 59.4 Å². The zero-order valence-corrected chi connectivity index (χ0v) is 17.6. The molecule has 2 aromatic carbocycles. The van der Waals surface area contributed by atoms with Crippen molar-refractivity contribution in [2.75, 3.05) is 37.7 Å². The highest BCUT2D eigenvalue weighted by molar-refractivity contribution is 7.86. The van der Waals surface area contributed by atoms with Gasteiger partial charge in [-0.1, -0.05) is 24.3 Å². The van der Waals surface area contributed by atoms with E-state index in [2.05, 4.69) is 0 Å². The minimum atomic E-state index is -3.88. The predicted molar refractivity (Wildman–Crippen MR) is 111 cm³/mol. The highest BCUT2D eigenvalue weighted by Gasteiger charge is 2.36. The lowest BCUT2D eigenvalue weighted by molar-refractivity contribution is -0.119. The van der Waals surface area contributed by atoms with E-state index >= 15 is 0 Å². The van der Waals surface area contributed by atoms with Gasteiger partial charge in [-0.2, -0.15) is 17.0 Å². The predicted octanol–water partition coefficient (Wildman–Crippen LogP) is 2.31. The first kappa shape index (κ1) is 20.8. The quantitative estimate of drug-likeness (QED) is 0.742. The molecule has 0 saturated carbocycles. The molecule has 9 heteroatoms. The van der Waals surface area contributed by atoms with Crippen LogP contribution in [0.5, 0.6) is 5.75 Å². The molecule has 1 amide bonds. The van der Waals surface area contributed by atoms with E-state index in [0.29, 0.717) is 43.1 Å². The van der Waals surface area contributed by atoms with Crippen molar-refractivity contribution >= 4 is 21.8 Å². The molecule has 1 saturated heterocycles. The number of halogens is 1. The molecule has 30 heavy (non-hydrogen) atoms. The standard InChI is InChI=1S/C21H24FN3O4S/c1-16-7-8-20-19(13-16)25(11-12-29-20)21(26)15-24-10-4-9-23(30(24,27)28)14-17-5-2-3-6-18(17)22/h2-3,5-8,13H,4,9-12,14-15H2,1H3. The SMILES string of the molecule is Cc1ccc2c(c1)N(C(=O)CN1CCCN(Cc3ccccc3F)S1(=O)=O)CCO2. The second kappa shape index (κ2) is 8.33. The van der Waals surface area contributed by atoms with Crippen molar-refractivity contribution in [3.63, 3.8) is 0 Å². The van der Waals surface area contributed by atoms with E-state index < -0.39 is 16.0 Å². The number of carbonyl (C=O) groups excluding carboxylic acids is 1. The summed E-state index contributed by atoms with van der Waals surface area (Å²) in [6.45, 7) is 2.87. The summed E-state index contributed by atoms with van der Waals surface area (Å²) in [6, 6.07) is 11.7. The Labute approximate surface area is 175 Å². The number of benzene rings is 2. The van der Waals surface area contributed by atoms with Gasteiger partial charge in [-0.15, -0.1) is 0 Å². The molecule has 0 atom stereocenters. The Balaban J connectivity index is 1.51. The Morgan fingerprint density at radius 3 is 2.67 bits per heavy atom. The highest BCUT2D eigenvalue weighted by Crippen LogP contribution is 2.32. The minimum absolute atomic E-state index is 0.0563. The van der Waals surface area contributed by atoms with Crippen molar-refractivity contribution in [1.29, 1.82) is 0 Å². The second-order valence-corrected chi connectivity index (χ2v) is 9.41. The zero-order chi connectivity index (χ0) is 21.3. The monoisotopic (exact) mass is 433 g/mol. The van der Waals surface area contributed by atoms with Crippen LogP contribution in [0.2, 0.25) is 0 Å². The zero-order valence-electron chi connectivity index (χ0n) is 16.8. The molecule has 0 unspecified atom stereocenters. The third-order valence-corrected chi connectivity index (χ3v) is 7.29.